The highest BCUT2D eigenvalue weighted by Gasteiger charge is 2.59. The summed E-state index contributed by atoms with van der Waals surface area (Å²) in [5, 5.41) is 15.5. The minimum absolute atomic E-state index is 0.161. The lowest BCUT2D eigenvalue weighted by atomic mass is 9.83. The van der Waals surface area contributed by atoms with E-state index < -0.39 is 23.0 Å². The summed E-state index contributed by atoms with van der Waals surface area (Å²) in [6, 6.07) is 9.01. The van der Waals surface area contributed by atoms with E-state index >= 15 is 0 Å². The average Bonchev–Trinajstić information content (AvgIpc) is 3.43. The van der Waals surface area contributed by atoms with Crippen molar-refractivity contribution in [1.29, 1.82) is 0 Å². The molecule has 1 N–H and O–H groups in total. The smallest absolute Gasteiger partial charge is 0.265 e. The van der Waals surface area contributed by atoms with Gasteiger partial charge in [-0.1, -0.05) is 11.2 Å². The van der Waals surface area contributed by atoms with Gasteiger partial charge < -0.3 is 24.1 Å². The summed E-state index contributed by atoms with van der Waals surface area (Å²) in [5.41, 5.74) is 0.594. The summed E-state index contributed by atoms with van der Waals surface area (Å²) in [4.78, 5) is 12.0. The second kappa shape index (κ2) is 8.74. The number of fused-ring (bicyclic) bond motifs is 1. The molecule has 2 aliphatic rings. The third-order valence-corrected chi connectivity index (χ3v) is 6.63. The first kappa shape index (κ1) is 24.0. The Kier molecular flexibility index (Phi) is 5.83. The van der Waals surface area contributed by atoms with Gasteiger partial charge in [0.05, 0.1) is 24.8 Å². The Labute approximate surface area is 208 Å². The summed E-state index contributed by atoms with van der Waals surface area (Å²) in [7, 11) is 1.62. The number of aliphatic hydroxyl groups is 1. The highest BCUT2D eigenvalue weighted by atomic mass is 19.1. The molecule has 7 nitrogen and oxygen atoms in total. The van der Waals surface area contributed by atoms with Gasteiger partial charge in [0, 0.05) is 24.4 Å². The Morgan fingerprint density at radius 1 is 1.17 bits per heavy atom. The van der Waals surface area contributed by atoms with Gasteiger partial charge in [0.25, 0.3) is 5.72 Å². The zero-order valence-corrected chi connectivity index (χ0v) is 20.6. The maximum Gasteiger partial charge on any atom is 0.265 e. The highest BCUT2D eigenvalue weighted by Crippen LogP contribution is 2.47. The molecular formula is C27H28F2N4O3. The molecule has 1 fully saturated rings. The lowest BCUT2D eigenvalue weighted by molar-refractivity contribution is -0.220. The monoisotopic (exact) mass is 494 g/mol. The minimum atomic E-state index is -1.58. The molecule has 1 unspecified atom stereocenters. The Balaban J connectivity index is 1.53. The fourth-order valence-corrected chi connectivity index (χ4v) is 5.03. The second-order valence-corrected chi connectivity index (χ2v) is 9.65. The Hall–Kier alpha value is -3.72. The van der Waals surface area contributed by atoms with Crippen molar-refractivity contribution in [3.05, 3.63) is 83.0 Å². The van der Waals surface area contributed by atoms with Crippen molar-refractivity contribution in [3.8, 4) is 11.4 Å². The molecule has 0 aliphatic carbocycles. The van der Waals surface area contributed by atoms with Crippen molar-refractivity contribution < 1.29 is 23.5 Å². The Morgan fingerprint density at radius 3 is 2.56 bits per heavy atom. The summed E-state index contributed by atoms with van der Waals surface area (Å²) in [6.45, 7) is 5.52. The zero-order chi connectivity index (χ0) is 25.7. The van der Waals surface area contributed by atoms with Crippen LogP contribution >= 0.6 is 0 Å². The summed E-state index contributed by atoms with van der Waals surface area (Å²) < 4.78 is 35.9. The third-order valence-electron chi connectivity index (χ3n) is 6.63. The van der Waals surface area contributed by atoms with Gasteiger partial charge in [-0.2, -0.15) is 0 Å². The van der Waals surface area contributed by atoms with Crippen LogP contribution < -0.4 is 4.74 Å². The summed E-state index contributed by atoms with van der Waals surface area (Å²) in [5.74, 6) is -0.293. The van der Waals surface area contributed by atoms with Crippen molar-refractivity contribution >= 4 is 11.9 Å². The first-order valence-electron chi connectivity index (χ1n) is 11.7. The van der Waals surface area contributed by atoms with Gasteiger partial charge >= 0.3 is 0 Å². The van der Waals surface area contributed by atoms with Gasteiger partial charge in [0.1, 0.15) is 23.0 Å². The predicted molar refractivity (Wildman–Crippen MR) is 132 cm³/mol. The number of aryl methyl sites for hydroxylation is 1. The van der Waals surface area contributed by atoms with Crippen molar-refractivity contribution in [2.45, 2.75) is 44.9 Å². The largest absolute Gasteiger partial charge is 0.495 e. The van der Waals surface area contributed by atoms with Gasteiger partial charge in [-0.25, -0.2) is 13.8 Å². The quantitative estimate of drug-likeness (QED) is 0.546. The van der Waals surface area contributed by atoms with Gasteiger partial charge in [0.15, 0.2) is 5.84 Å². The fourth-order valence-electron chi connectivity index (χ4n) is 5.03. The molecule has 3 heterocycles. The Bertz CT molecular complexity index is 1360. The SMILES string of the molecule is COc1cc(/C=C2\CCCN3C2=NOC3(c2cc(F)cc(F)c2)C(C)(C)O)ccc1-n1cnc(C)c1. The first-order valence-corrected chi connectivity index (χ1v) is 11.7. The number of rotatable bonds is 5. The molecule has 0 spiro atoms. The van der Waals surface area contributed by atoms with Crippen LogP contribution in [-0.4, -0.2) is 44.6 Å². The van der Waals surface area contributed by atoms with E-state index in [-0.39, 0.29) is 5.56 Å². The predicted octanol–water partition coefficient (Wildman–Crippen LogP) is 4.91. The van der Waals surface area contributed by atoms with Crippen molar-refractivity contribution in [2.24, 2.45) is 5.16 Å². The zero-order valence-electron chi connectivity index (χ0n) is 20.6. The van der Waals surface area contributed by atoms with E-state index in [1.807, 2.05) is 42.0 Å². The molecule has 0 saturated carbocycles. The molecule has 0 radical (unpaired) electrons. The molecular weight excluding hydrogens is 466 g/mol. The molecule has 1 saturated heterocycles. The van der Waals surface area contributed by atoms with Crippen LogP contribution in [0.1, 0.15) is 43.5 Å². The number of methoxy groups -OCH3 is 1. The van der Waals surface area contributed by atoms with E-state index in [0.717, 1.165) is 41.4 Å². The van der Waals surface area contributed by atoms with Crippen LogP contribution in [-0.2, 0) is 10.6 Å². The number of piperidine rings is 1. The normalized spacial score (nSPS) is 20.8. The lowest BCUT2D eigenvalue weighted by Gasteiger charge is -2.46. The average molecular weight is 495 g/mol. The first-order chi connectivity index (χ1) is 17.1. The number of imidazole rings is 1. The molecule has 5 rings (SSSR count). The molecule has 3 aromatic rings. The van der Waals surface area contributed by atoms with E-state index in [1.54, 1.807) is 32.2 Å². The number of hydrogen-bond acceptors (Lipinski definition) is 6. The molecule has 188 valence electrons. The van der Waals surface area contributed by atoms with E-state index in [1.165, 1.54) is 12.1 Å². The minimum Gasteiger partial charge on any atom is -0.495 e. The number of ether oxygens (including phenoxy) is 1. The van der Waals surface area contributed by atoms with Crippen LogP contribution in [0.15, 0.2) is 59.7 Å². The van der Waals surface area contributed by atoms with E-state index in [4.69, 9.17) is 9.57 Å². The molecule has 0 bridgehead atoms. The Morgan fingerprint density at radius 2 is 1.92 bits per heavy atom. The van der Waals surface area contributed by atoms with E-state index in [9.17, 15) is 13.9 Å². The maximum absolute atomic E-state index is 14.2. The van der Waals surface area contributed by atoms with Gasteiger partial charge in [-0.3, -0.25) is 0 Å². The number of hydrogen-bond donors (Lipinski definition) is 1. The van der Waals surface area contributed by atoms with Gasteiger partial charge in [0.2, 0.25) is 0 Å². The summed E-state index contributed by atoms with van der Waals surface area (Å²) in [6.07, 6.45) is 7.12. The van der Waals surface area contributed by atoms with Crippen molar-refractivity contribution in [1.82, 2.24) is 14.5 Å². The molecule has 0 amide bonds. The van der Waals surface area contributed by atoms with Crippen LogP contribution in [0.4, 0.5) is 8.78 Å². The number of oxime groups is 1. The second-order valence-electron chi connectivity index (χ2n) is 9.65. The highest BCUT2D eigenvalue weighted by molar-refractivity contribution is 6.03. The molecule has 36 heavy (non-hydrogen) atoms. The van der Waals surface area contributed by atoms with Crippen LogP contribution in [0, 0.1) is 18.6 Å². The maximum atomic E-state index is 14.2. The number of amidine groups is 1. The summed E-state index contributed by atoms with van der Waals surface area (Å²) >= 11 is 0. The standard InChI is InChI=1S/C27H28F2N4O3/c1-17-15-32(16-30-17)23-8-7-18(11-24(23)35-4)10-19-6-5-9-33-25(19)31-36-27(33,26(2,3)34)20-12-21(28)14-22(29)13-20/h7-8,10-16,34H,5-6,9H2,1-4H3/b19-10+. The molecule has 9 heteroatoms. The van der Waals surface area contributed by atoms with Crippen LogP contribution in [0.2, 0.25) is 0 Å². The fraction of sp³-hybridized carbons (Fsp3) is 0.333. The number of halogens is 2. The van der Waals surface area contributed by atoms with E-state index in [2.05, 4.69) is 10.1 Å². The number of benzene rings is 2. The molecule has 2 aromatic carbocycles. The molecule has 1 aromatic heterocycles. The van der Waals surface area contributed by atoms with Crippen LogP contribution in [0.25, 0.3) is 11.8 Å². The lowest BCUT2D eigenvalue weighted by Crippen LogP contribution is -2.60. The van der Waals surface area contributed by atoms with Gasteiger partial charge in [-0.15, -0.1) is 0 Å². The van der Waals surface area contributed by atoms with Crippen molar-refractivity contribution in [3.63, 3.8) is 0 Å². The topological polar surface area (TPSA) is 72.1 Å². The van der Waals surface area contributed by atoms with Crippen LogP contribution in [0.3, 0.4) is 0 Å². The number of nitrogens with zero attached hydrogens (tertiary/aromatic N) is 4. The number of aromatic nitrogens is 2. The molecule has 2 aliphatic heterocycles. The third kappa shape index (κ3) is 3.93. The van der Waals surface area contributed by atoms with Crippen molar-refractivity contribution in [2.75, 3.05) is 13.7 Å². The van der Waals surface area contributed by atoms with Crippen LogP contribution in [0.5, 0.6) is 5.75 Å². The van der Waals surface area contributed by atoms with Gasteiger partial charge in [-0.05, 0) is 75.1 Å². The molecule has 1 atom stereocenters. The van der Waals surface area contributed by atoms with E-state index in [0.29, 0.717) is 18.1 Å².